The number of ether oxygens (including phenoxy) is 1. The SMILES string of the molecule is COc1ccc(N2CCN(CCC(=O)N3CCc4ccccc43)CC2)cc1. The summed E-state index contributed by atoms with van der Waals surface area (Å²) in [7, 11) is 1.69. The van der Waals surface area contributed by atoms with Crippen LogP contribution in [0.25, 0.3) is 0 Å². The molecule has 0 saturated carbocycles. The van der Waals surface area contributed by atoms with Gasteiger partial charge in [0.1, 0.15) is 5.75 Å². The molecule has 2 aromatic rings. The lowest BCUT2D eigenvalue weighted by molar-refractivity contribution is -0.118. The second-order valence-electron chi connectivity index (χ2n) is 7.20. The highest BCUT2D eigenvalue weighted by Crippen LogP contribution is 2.28. The van der Waals surface area contributed by atoms with Gasteiger partial charge in [-0.3, -0.25) is 9.69 Å². The second-order valence-corrected chi connectivity index (χ2v) is 7.20. The third-order valence-corrected chi connectivity index (χ3v) is 5.64. The topological polar surface area (TPSA) is 36.0 Å². The van der Waals surface area contributed by atoms with Gasteiger partial charge in [0.25, 0.3) is 0 Å². The Balaban J connectivity index is 1.25. The maximum absolute atomic E-state index is 12.7. The van der Waals surface area contributed by atoms with Crippen molar-refractivity contribution in [3.8, 4) is 5.75 Å². The number of para-hydroxylation sites is 1. The number of fused-ring (bicyclic) bond motifs is 1. The van der Waals surface area contributed by atoms with Crippen LogP contribution in [0, 0.1) is 0 Å². The predicted octanol–water partition coefficient (Wildman–Crippen LogP) is 2.80. The van der Waals surface area contributed by atoms with Crippen molar-refractivity contribution in [2.75, 3.05) is 56.2 Å². The van der Waals surface area contributed by atoms with Gasteiger partial charge in [0.2, 0.25) is 5.91 Å². The average molecular weight is 365 g/mol. The number of hydrogen-bond acceptors (Lipinski definition) is 4. The molecule has 0 aliphatic carbocycles. The van der Waals surface area contributed by atoms with E-state index in [2.05, 4.69) is 40.1 Å². The molecule has 5 heteroatoms. The van der Waals surface area contributed by atoms with E-state index in [9.17, 15) is 4.79 Å². The molecule has 2 aromatic carbocycles. The largest absolute Gasteiger partial charge is 0.497 e. The molecule has 1 fully saturated rings. The molecule has 142 valence electrons. The van der Waals surface area contributed by atoms with E-state index >= 15 is 0 Å². The van der Waals surface area contributed by atoms with E-state index < -0.39 is 0 Å². The molecule has 0 bridgehead atoms. The van der Waals surface area contributed by atoms with Gasteiger partial charge in [-0.25, -0.2) is 0 Å². The summed E-state index contributed by atoms with van der Waals surface area (Å²) < 4.78 is 5.23. The van der Waals surface area contributed by atoms with Crippen LogP contribution in [0.15, 0.2) is 48.5 Å². The minimum atomic E-state index is 0.248. The number of nitrogens with zero attached hydrogens (tertiary/aromatic N) is 3. The normalized spacial score (nSPS) is 17.1. The van der Waals surface area contributed by atoms with E-state index in [1.54, 1.807) is 7.11 Å². The summed E-state index contributed by atoms with van der Waals surface area (Å²) in [5.41, 5.74) is 3.63. The van der Waals surface area contributed by atoms with E-state index in [1.165, 1.54) is 11.3 Å². The van der Waals surface area contributed by atoms with Crippen LogP contribution in [0.2, 0.25) is 0 Å². The molecule has 0 aromatic heterocycles. The lowest BCUT2D eigenvalue weighted by Gasteiger charge is -2.36. The van der Waals surface area contributed by atoms with Gasteiger partial charge in [-0.2, -0.15) is 0 Å². The molecule has 0 unspecified atom stereocenters. The third kappa shape index (κ3) is 3.93. The summed E-state index contributed by atoms with van der Waals surface area (Å²) in [4.78, 5) is 19.4. The van der Waals surface area contributed by atoms with Gasteiger partial charge in [0.05, 0.1) is 7.11 Å². The molecule has 0 atom stereocenters. The smallest absolute Gasteiger partial charge is 0.228 e. The van der Waals surface area contributed by atoms with Crippen molar-refractivity contribution in [2.24, 2.45) is 0 Å². The van der Waals surface area contributed by atoms with Crippen molar-refractivity contribution in [1.82, 2.24) is 4.90 Å². The first-order valence-corrected chi connectivity index (χ1v) is 9.74. The fourth-order valence-corrected chi connectivity index (χ4v) is 4.01. The number of rotatable bonds is 5. The highest BCUT2D eigenvalue weighted by molar-refractivity contribution is 5.95. The van der Waals surface area contributed by atoms with Gasteiger partial charge in [-0.1, -0.05) is 18.2 Å². The lowest BCUT2D eigenvalue weighted by Crippen LogP contribution is -2.47. The first kappa shape index (κ1) is 17.9. The Morgan fingerprint density at radius 2 is 1.70 bits per heavy atom. The Kier molecular flexibility index (Phi) is 5.30. The van der Waals surface area contributed by atoms with Crippen molar-refractivity contribution < 1.29 is 9.53 Å². The third-order valence-electron chi connectivity index (χ3n) is 5.64. The zero-order valence-corrected chi connectivity index (χ0v) is 15.9. The van der Waals surface area contributed by atoms with Crippen LogP contribution < -0.4 is 14.5 Å². The zero-order valence-electron chi connectivity index (χ0n) is 15.9. The van der Waals surface area contributed by atoms with Gasteiger partial charge in [0.15, 0.2) is 0 Å². The van der Waals surface area contributed by atoms with Crippen LogP contribution >= 0.6 is 0 Å². The maximum atomic E-state index is 12.7. The quantitative estimate of drug-likeness (QED) is 0.816. The van der Waals surface area contributed by atoms with Crippen molar-refractivity contribution in [1.29, 1.82) is 0 Å². The Bertz CT molecular complexity index is 782. The van der Waals surface area contributed by atoms with Gasteiger partial charge in [-0.05, 0) is 42.3 Å². The van der Waals surface area contributed by atoms with Gasteiger partial charge in [-0.15, -0.1) is 0 Å². The van der Waals surface area contributed by atoms with Gasteiger partial charge in [0, 0.05) is 57.1 Å². The molecule has 0 N–H and O–H groups in total. The van der Waals surface area contributed by atoms with Crippen molar-refractivity contribution >= 4 is 17.3 Å². The molecule has 5 nitrogen and oxygen atoms in total. The van der Waals surface area contributed by atoms with Crippen LogP contribution in [-0.2, 0) is 11.2 Å². The van der Waals surface area contributed by atoms with E-state index in [0.29, 0.717) is 6.42 Å². The Labute approximate surface area is 161 Å². The number of hydrogen-bond donors (Lipinski definition) is 0. The van der Waals surface area contributed by atoms with Crippen LogP contribution in [-0.4, -0.2) is 57.2 Å². The summed E-state index contributed by atoms with van der Waals surface area (Å²) in [6, 6.07) is 16.5. The number of carbonyl (C=O) groups is 1. The van der Waals surface area contributed by atoms with E-state index in [1.807, 2.05) is 23.1 Å². The molecule has 2 aliphatic rings. The Morgan fingerprint density at radius 3 is 2.44 bits per heavy atom. The van der Waals surface area contributed by atoms with Crippen molar-refractivity contribution in [3.63, 3.8) is 0 Å². The predicted molar refractivity (Wildman–Crippen MR) is 109 cm³/mol. The van der Waals surface area contributed by atoms with Crippen molar-refractivity contribution in [3.05, 3.63) is 54.1 Å². The number of methoxy groups -OCH3 is 1. The lowest BCUT2D eigenvalue weighted by atomic mass is 10.2. The molecule has 0 radical (unpaired) electrons. The summed E-state index contributed by atoms with van der Waals surface area (Å²) >= 11 is 0. The highest BCUT2D eigenvalue weighted by Gasteiger charge is 2.25. The summed E-state index contributed by atoms with van der Waals surface area (Å²) in [5, 5.41) is 0. The molecule has 2 aliphatic heterocycles. The monoisotopic (exact) mass is 365 g/mol. The first-order chi connectivity index (χ1) is 13.2. The van der Waals surface area contributed by atoms with Gasteiger partial charge >= 0.3 is 0 Å². The van der Waals surface area contributed by atoms with E-state index in [0.717, 1.165) is 57.1 Å². The molecule has 0 spiro atoms. The Morgan fingerprint density at radius 1 is 0.963 bits per heavy atom. The van der Waals surface area contributed by atoms with Gasteiger partial charge < -0.3 is 14.5 Å². The number of piperazine rings is 1. The maximum Gasteiger partial charge on any atom is 0.228 e. The molecule has 27 heavy (non-hydrogen) atoms. The zero-order chi connectivity index (χ0) is 18.6. The molecule has 2 heterocycles. The van der Waals surface area contributed by atoms with Crippen LogP contribution in [0.3, 0.4) is 0 Å². The van der Waals surface area contributed by atoms with E-state index in [4.69, 9.17) is 4.74 Å². The Hall–Kier alpha value is -2.53. The fraction of sp³-hybridized carbons (Fsp3) is 0.409. The van der Waals surface area contributed by atoms with Crippen LogP contribution in [0.5, 0.6) is 5.75 Å². The summed E-state index contributed by atoms with van der Waals surface area (Å²) in [6.45, 7) is 5.64. The standard InChI is InChI=1S/C22H27N3O2/c1-27-20-8-6-19(7-9-20)24-16-14-23(15-17-24)12-11-22(26)25-13-10-18-4-2-3-5-21(18)25/h2-9H,10-17H2,1H3. The molecule has 4 rings (SSSR count). The molecule has 1 saturated heterocycles. The van der Waals surface area contributed by atoms with E-state index in [-0.39, 0.29) is 5.91 Å². The second kappa shape index (κ2) is 8.01. The fourth-order valence-electron chi connectivity index (χ4n) is 4.01. The molecular weight excluding hydrogens is 338 g/mol. The van der Waals surface area contributed by atoms with Crippen molar-refractivity contribution in [2.45, 2.75) is 12.8 Å². The number of anilines is 2. The number of carbonyl (C=O) groups excluding carboxylic acids is 1. The summed E-state index contributed by atoms with van der Waals surface area (Å²) in [5.74, 6) is 1.14. The molecule has 1 amide bonds. The number of benzene rings is 2. The van der Waals surface area contributed by atoms with Crippen LogP contribution in [0.4, 0.5) is 11.4 Å². The minimum Gasteiger partial charge on any atom is -0.497 e. The average Bonchev–Trinajstić information content (AvgIpc) is 3.17. The summed E-state index contributed by atoms with van der Waals surface area (Å²) in [6.07, 6.45) is 1.57. The number of amides is 1. The van der Waals surface area contributed by atoms with Crippen LogP contribution in [0.1, 0.15) is 12.0 Å². The highest BCUT2D eigenvalue weighted by atomic mass is 16.5. The molecular formula is C22H27N3O2. The minimum absolute atomic E-state index is 0.248. The first-order valence-electron chi connectivity index (χ1n) is 9.74.